The van der Waals surface area contributed by atoms with Gasteiger partial charge in [0, 0.05) is 23.8 Å². The predicted molar refractivity (Wildman–Crippen MR) is 85.1 cm³/mol. The van der Waals surface area contributed by atoms with Crippen LogP contribution in [-0.2, 0) is 4.79 Å². The summed E-state index contributed by atoms with van der Waals surface area (Å²) in [5, 5.41) is 6.50. The van der Waals surface area contributed by atoms with Crippen molar-refractivity contribution in [3.63, 3.8) is 0 Å². The van der Waals surface area contributed by atoms with Crippen molar-refractivity contribution >= 4 is 17.3 Å². The van der Waals surface area contributed by atoms with E-state index in [9.17, 15) is 4.79 Å². The largest absolute Gasteiger partial charge is 0.382 e. The standard InChI is InChI=1S/C17H26N2O/c1-2-17(20)19-16-12-10-15(11-13-16)18-14-8-6-4-3-5-7-9-14/h10-14,18H,2-9H2,1H3,(H,19,20). The average molecular weight is 274 g/mol. The molecule has 2 N–H and O–H groups in total. The Balaban J connectivity index is 1.87. The Morgan fingerprint density at radius 3 is 2.15 bits per heavy atom. The van der Waals surface area contributed by atoms with E-state index in [1.807, 2.05) is 19.1 Å². The number of benzene rings is 1. The average Bonchev–Trinajstić information content (AvgIpc) is 2.43. The van der Waals surface area contributed by atoms with Gasteiger partial charge in [0.2, 0.25) is 5.91 Å². The van der Waals surface area contributed by atoms with E-state index in [2.05, 4.69) is 22.8 Å². The quantitative estimate of drug-likeness (QED) is 0.845. The highest BCUT2D eigenvalue weighted by molar-refractivity contribution is 5.90. The lowest BCUT2D eigenvalue weighted by molar-refractivity contribution is -0.115. The lowest BCUT2D eigenvalue weighted by Crippen LogP contribution is -2.20. The molecule has 1 aliphatic carbocycles. The summed E-state index contributed by atoms with van der Waals surface area (Å²) in [6, 6.07) is 8.66. The van der Waals surface area contributed by atoms with Crippen LogP contribution in [0.5, 0.6) is 0 Å². The molecule has 1 amide bonds. The molecular weight excluding hydrogens is 248 g/mol. The Kier molecular flexibility index (Phi) is 5.90. The Labute approximate surface area is 122 Å². The van der Waals surface area contributed by atoms with Crippen LogP contribution in [0.15, 0.2) is 24.3 Å². The van der Waals surface area contributed by atoms with Crippen LogP contribution in [0.1, 0.15) is 58.3 Å². The second-order valence-electron chi connectivity index (χ2n) is 5.67. The van der Waals surface area contributed by atoms with Gasteiger partial charge in [-0.15, -0.1) is 0 Å². The normalized spacial score (nSPS) is 17.1. The minimum atomic E-state index is 0.0609. The molecule has 20 heavy (non-hydrogen) atoms. The summed E-state index contributed by atoms with van der Waals surface area (Å²) >= 11 is 0. The molecule has 1 saturated carbocycles. The smallest absolute Gasteiger partial charge is 0.224 e. The third-order valence-electron chi connectivity index (χ3n) is 3.97. The zero-order chi connectivity index (χ0) is 14.2. The van der Waals surface area contributed by atoms with E-state index in [4.69, 9.17) is 0 Å². The van der Waals surface area contributed by atoms with Gasteiger partial charge in [-0.2, -0.15) is 0 Å². The molecule has 1 fully saturated rings. The molecule has 1 aromatic carbocycles. The number of nitrogens with one attached hydrogen (secondary N) is 2. The van der Waals surface area contributed by atoms with Crippen LogP contribution in [0.25, 0.3) is 0 Å². The molecule has 0 aromatic heterocycles. The molecule has 0 aliphatic heterocycles. The first-order valence-corrected chi connectivity index (χ1v) is 7.94. The second kappa shape index (κ2) is 7.93. The molecule has 0 bridgehead atoms. The molecule has 2 rings (SSSR count). The Hall–Kier alpha value is -1.51. The third-order valence-corrected chi connectivity index (χ3v) is 3.97. The van der Waals surface area contributed by atoms with Gasteiger partial charge >= 0.3 is 0 Å². The number of amides is 1. The van der Waals surface area contributed by atoms with Crippen molar-refractivity contribution in [2.24, 2.45) is 0 Å². The van der Waals surface area contributed by atoms with E-state index in [1.165, 1.54) is 44.9 Å². The van der Waals surface area contributed by atoms with Crippen LogP contribution in [0.4, 0.5) is 11.4 Å². The van der Waals surface area contributed by atoms with Gasteiger partial charge in [-0.25, -0.2) is 0 Å². The van der Waals surface area contributed by atoms with E-state index in [1.54, 1.807) is 0 Å². The minimum Gasteiger partial charge on any atom is -0.382 e. The topological polar surface area (TPSA) is 41.1 Å². The van der Waals surface area contributed by atoms with Crippen molar-refractivity contribution in [2.45, 2.75) is 64.3 Å². The summed E-state index contributed by atoms with van der Waals surface area (Å²) in [6.45, 7) is 1.86. The lowest BCUT2D eigenvalue weighted by atomic mass is 9.96. The van der Waals surface area contributed by atoms with E-state index < -0.39 is 0 Å². The first-order chi connectivity index (χ1) is 9.78. The molecule has 0 spiro atoms. The maximum atomic E-state index is 11.3. The monoisotopic (exact) mass is 274 g/mol. The molecule has 0 radical (unpaired) electrons. The van der Waals surface area contributed by atoms with Crippen LogP contribution in [0.3, 0.4) is 0 Å². The minimum absolute atomic E-state index is 0.0609. The molecule has 110 valence electrons. The molecule has 0 unspecified atom stereocenters. The lowest BCUT2D eigenvalue weighted by Gasteiger charge is -2.22. The summed E-state index contributed by atoms with van der Waals surface area (Å²) in [4.78, 5) is 11.3. The third kappa shape index (κ3) is 4.87. The zero-order valence-electron chi connectivity index (χ0n) is 12.5. The van der Waals surface area contributed by atoms with E-state index in [-0.39, 0.29) is 5.91 Å². The van der Waals surface area contributed by atoms with Gasteiger partial charge < -0.3 is 10.6 Å². The molecule has 3 heteroatoms. The number of carbonyl (C=O) groups is 1. The Morgan fingerprint density at radius 2 is 1.55 bits per heavy atom. The maximum Gasteiger partial charge on any atom is 0.224 e. The molecule has 3 nitrogen and oxygen atoms in total. The highest BCUT2D eigenvalue weighted by Crippen LogP contribution is 2.21. The second-order valence-corrected chi connectivity index (χ2v) is 5.67. The van der Waals surface area contributed by atoms with Crippen molar-refractivity contribution in [2.75, 3.05) is 10.6 Å². The highest BCUT2D eigenvalue weighted by Gasteiger charge is 2.10. The van der Waals surface area contributed by atoms with Gasteiger partial charge in [0.05, 0.1) is 0 Å². The summed E-state index contributed by atoms with van der Waals surface area (Å²) in [7, 11) is 0. The first kappa shape index (κ1) is 14.9. The predicted octanol–water partition coefficient (Wildman–Crippen LogP) is 4.56. The maximum absolute atomic E-state index is 11.3. The summed E-state index contributed by atoms with van der Waals surface area (Å²) < 4.78 is 0. The fraction of sp³-hybridized carbons (Fsp3) is 0.588. The summed E-state index contributed by atoms with van der Waals surface area (Å²) in [6.07, 6.45) is 9.88. The van der Waals surface area contributed by atoms with Gasteiger partial charge in [-0.05, 0) is 37.1 Å². The van der Waals surface area contributed by atoms with Crippen molar-refractivity contribution in [1.29, 1.82) is 0 Å². The fourth-order valence-electron chi connectivity index (χ4n) is 2.74. The van der Waals surface area contributed by atoms with Gasteiger partial charge in [0.1, 0.15) is 0 Å². The molecule has 0 atom stereocenters. The van der Waals surface area contributed by atoms with Gasteiger partial charge in [0.25, 0.3) is 0 Å². The van der Waals surface area contributed by atoms with Gasteiger partial charge in [0.15, 0.2) is 0 Å². The van der Waals surface area contributed by atoms with Crippen molar-refractivity contribution in [3.05, 3.63) is 24.3 Å². The summed E-state index contributed by atoms with van der Waals surface area (Å²) in [5.41, 5.74) is 2.03. The molecule has 1 aromatic rings. The first-order valence-electron chi connectivity index (χ1n) is 7.94. The number of anilines is 2. The fourth-order valence-corrected chi connectivity index (χ4v) is 2.74. The number of carbonyl (C=O) groups excluding carboxylic acids is 1. The molecule has 0 heterocycles. The van der Waals surface area contributed by atoms with Crippen LogP contribution >= 0.6 is 0 Å². The van der Waals surface area contributed by atoms with E-state index in [0.717, 1.165) is 11.4 Å². The van der Waals surface area contributed by atoms with Crippen LogP contribution < -0.4 is 10.6 Å². The highest BCUT2D eigenvalue weighted by atomic mass is 16.1. The zero-order valence-corrected chi connectivity index (χ0v) is 12.5. The molecule has 0 saturated heterocycles. The van der Waals surface area contributed by atoms with E-state index >= 15 is 0 Å². The van der Waals surface area contributed by atoms with E-state index in [0.29, 0.717) is 12.5 Å². The SMILES string of the molecule is CCC(=O)Nc1ccc(NC2CCCCCCC2)cc1. The van der Waals surface area contributed by atoms with Crippen LogP contribution in [0, 0.1) is 0 Å². The summed E-state index contributed by atoms with van der Waals surface area (Å²) in [5.74, 6) is 0.0609. The Morgan fingerprint density at radius 1 is 1.00 bits per heavy atom. The molecule has 1 aliphatic rings. The number of rotatable bonds is 4. The number of hydrogen-bond acceptors (Lipinski definition) is 2. The van der Waals surface area contributed by atoms with Crippen LogP contribution in [0.2, 0.25) is 0 Å². The van der Waals surface area contributed by atoms with Gasteiger partial charge in [-0.1, -0.05) is 39.0 Å². The Bertz CT molecular complexity index is 406. The molecular formula is C17H26N2O. The van der Waals surface area contributed by atoms with Gasteiger partial charge in [-0.3, -0.25) is 4.79 Å². The van der Waals surface area contributed by atoms with Crippen molar-refractivity contribution in [1.82, 2.24) is 0 Å². The number of hydrogen-bond donors (Lipinski definition) is 2. The van der Waals surface area contributed by atoms with Crippen molar-refractivity contribution < 1.29 is 4.79 Å². The van der Waals surface area contributed by atoms with Crippen LogP contribution in [-0.4, -0.2) is 11.9 Å². The van der Waals surface area contributed by atoms with Crippen molar-refractivity contribution in [3.8, 4) is 0 Å².